The Morgan fingerprint density at radius 1 is 1.18 bits per heavy atom. The lowest BCUT2D eigenvalue weighted by atomic mass is 9.87. The molecule has 11 heteroatoms. The second-order valence-corrected chi connectivity index (χ2v) is 9.64. The molecule has 0 aliphatic carbocycles. The van der Waals surface area contributed by atoms with Gasteiger partial charge in [0.05, 0.1) is 24.0 Å². The fourth-order valence-corrected chi connectivity index (χ4v) is 4.27. The molecule has 1 fully saturated rings. The number of aliphatic hydroxyl groups is 1. The van der Waals surface area contributed by atoms with Crippen LogP contribution in [0.1, 0.15) is 59.0 Å². The number of nitrogens with zero attached hydrogens (tertiary/aromatic N) is 5. The Labute approximate surface area is 194 Å². The standard InChI is InChI=1S/C22H36N6O5/c1-7-22(32,8-2)17(24-19(30)33-21(4,5)6)18(29)25-9-11-26(12-10-25)27-14-16-13-23-15(3)28(16)20(27)31/h13,17,32H,7-12,14H2,1-6H3,(H,24,30). The Morgan fingerprint density at radius 3 is 2.30 bits per heavy atom. The minimum Gasteiger partial charge on any atom is -0.444 e. The number of piperazine rings is 1. The Balaban J connectivity index is 1.67. The number of carbonyl (C=O) groups excluding carboxylic acids is 3. The van der Waals surface area contributed by atoms with E-state index in [-0.39, 0.29) is 11.9 Å². The largest absolute Gasteiger partial charge is 0.444 e. The molecular weight excluding hydrogens is 428 g/mol. The van der Waals surface area contributed by atoms with Crippen molar-refractivity contribution in [3.63, 3.8) is 0 Å². The second kappa shape index (κ2) is 9.30. The predicted octanol–water partition coefficient (Wildman–Crippen LogP) is 1.48. The number of hydrogen-bond donors (Lipinski definition) is 2. The average molecular weight is 465 g/mol. The Kier molecular flexibility index (Phi) is 7.04. The summed E-state index contributed by atoms with van der Waals surface area (Å²) in [5, 5.41) is 17.3. The van der Waals surface area contributed by atoms with E-state index in [0.717, 1.165) is 5.69 Å². The topological polar surface area (TPSA) is 120 Å². The molecule has 0 spiro atoms. The molecule has 184 valence electrons. The zero-order valence-corrected chi connectivity index (χ0v) is 20.4. The summed E-state index contributed by atoms with van der Waals surface area (Å²) >= 11 is 0. The van der Waals surface area contributed by atoms with Crippen molar-refractivity contribution in [2.45, 2.75) is 78.2 Å². The summed E-state index contributed by atoms with van der Waals surface area (Å²) in [5.74, 6) is 0.298. The van der Waals surface area contributed by atoms with Gasteiger partial charge in [-0.25, -0.2) is 24.1 Å². The summed E-state index contributed by atoms with van der Waals surface area (Å²) in [6, 6.07) is -1.27. The first-order valence-corrected chi connectivity index (χ1v) is 11.5. The quantitative estimate of drug-likeness (QED) is 0.654. The number of hydrogen-bond acceptors (Lipinski definition) is 7. The van der Waals surface area contributed by atoms with Gasteiger partial charge in [0.1, 0.15) is 17.5 Å². The summed E-state index contributed by atoms with van der Waals surface area (Å²) in [4.78, 5) is 44.4. The van der Waals surface area contributed by atoms with Crippen LogP contribution in [0.25, 0.3) is 0 Å². The molecule has 1 saturated heterocycles. The third-order valence-electron chi connectivity index (χ3n) is 6.31. The van der Waals surface area contributed by atoms with Crippen LogP contribution in [-0.2, 0) is 16.1 Å². The van der Waals surface area contributed by atoms with Crippen molar-refractivity contribution >= 4 is 18.0 Å². The minimum absolute atomic E-state index is 0.143. The molecule has 11 nitrogen and oxygen atoms in total. The van der Waals surface area contributed by atoms with E-state index >= 15 is 0 Å². The smallest absolute Gasteiger partial charge is 0.408 e. The van der Waals surface area contributed by atoms with Crippen LogP contribution >= 0.6 is 0 Å². The number of nitrogens with one attached hydrogen (secondary N) is 1. The van der Waals surface area contributed by atoms with E-state index in [1.807, 2.05) is 5.01 Å². The molecule has 1 aromatic heterocycles. The molecule has 2 aliphatic rings. The maximum Gasteiger partial charge on any atom is 0.408 e. The molecule has 1 aromatic rings. The number of fused-ring (bicyclic) bond motifs is 1. The van der Waals surface area contributed by atoms with Crippen molar-refractivity contribution in [2.24, 2.45) is 0 Å². The number of carbonyl (C=O) groups is 3. The second-order valence-electron chi connectivity index (χ2n) is 9.64. The highest BCUT2D eigenvalue weighted by Gasteiger charge is 2.44. The average Bonchev–Trinajstić information content (AvgIpc) is 3.29. The molecule has 2 aliphatic heterocycles. The molecule has 3 rings (SSSR count). The fraction of sp³-hybridized carbons (Fsp3) is 0.727. The molecule has 1 unspecified atom stereocenters. The van der Waals surface area contributed by atoms with Gasteiger partial charge < -0.3 is 20.1 Å². The third kappa shape index (κ3) is 5.14. The van der Waals surface area contributed by atoms with E-state index in [2.05, 4.69) is 10.3 Å². The molecule has 0 saturated carbocycles. The SMILES string of the molecule is CCC(O)(CC)C(NC(=O)OC(C)(C)C)C(=O)N1CCN(N2Cc3cnc(C)n3C2=O)CC1. The molecule has 2 N–H and O–H groups in total. The molecule has 0 radical (unpaired) electrons. The number of alkyl carbamates (subject to hydrolysis) is 1. The van der Waals surface area contributed by atoms with E-state index in [4.69, 9.17) is 4.74 Å². The van der Waals surface area contributed by atoms with Crippen molar-refractivity contribution in [1.82, 2.24) is 29.8 Å². The number of imidazole rings is 1. The normalized spacial score (nSPS) is 18.3. The zero-order chi connectivity index (χ0) is 24.6. The molecule has 0 bridgehead atoms. The van der Waals surface area contributed by atoms with E-state index < -0.39 is 23.3 Å². The van der Waals surface area contributed by atoms with Crippen molar-refractivity contribution < 1.29 is 24.2 Å². The van der Waals surface area contributed by atoms with Crippen LogP contribution in [0.3, 0.4) is 0 Å². The van der Waals surface area contributed by atoms with E-state index in [1.165, 1.54) is 0 Å². The number of aryl methyl sites for hydroxylation is 1. The molecule has 33 heavy (non-hydrogen) atoms. The van der Waals surface area contributed by atoms with E-state index in [1.54, 1.807) is 62.2 Å². The lowest BCUT2D eigenvalue weighted by Gasteiger charge is -2.42. The Bertz CT molecular complexity index is 896. The summed E-state index contributed by atoms with van der Waals surface area (Å²) in [7, 11) is 0. The van der Waals surface area contributed by atoms with Crippen molar-refractivity contribution in [2.75, 3.05) is 26.2 Å². The van der Waals surface area contributed by atoms with Gasteiger partial charge in [-0.3, -0.25) is 9.80 Å². The van der Waals surface area contributed by atoms with Gasteiger partial charge in [0.25, 0.3) is 0 Å². The highest BCUT2D eigenvalue weighted by atomic mass is 16.6. The van der Waals surface area contributed by atoms with Crippen LogP contribution in [0.15, 0.2) is 6.20 Å². The van der Waals surface area contributed by atoms with Crippen LogP contribution in [0.5, 0.6) is 0 Å². The number of hydrazine groups is 1. The van der Waals surface area contributed by atoms with Crippen LogP contribution in [0, 0.1) is 6.92 Å². The third-order valence-corrected chi connectivity index (χ3v) is 6.31. The predicted molar refractivity (Wildman–Crippen MR) is 120 cm³/mol. The number of rotatable bonds is 6. The summed E-state index contributed by atoms with van der Waals surface area (Å²) in [5.41, 5.74) is -1.28. The van der Waals surface area contributed by atoms with Gasteiger partial charge in [-0.1, -0.05) is 13.8 Å². The number of ether oxygens (including phenoxy) is 1. The number of aromatic nitrogens is 2. The Morgan fingerprint density at radius 2 is 1.79 bits per heavy atom. The first kappa shape index (κ1) is 25.0. The minimum atomic E-state index is -1.40. The van der Waals surface area contributed by atoms with Gasteiger partial charge in [0.15, 0.2) is 0 Å². The van der Waals surface area contributed by atoms with Gasteiger partial charge in [0, 0.05) is 26.2 Å². The van der Waals surface area contributed by atoms with Crippen molar-refractivity contribution in [3.05, 3.63) is 17.7 Å². The summed E-state index contributed by atoms with van der Waals surface area (Å²) in [6.07, 6.45) is 1.55. The van der Waals surface area contributed by atoms with Gasteiger partial charge in [-0.2, -0.15) is 0 Å². The lowest BCUT2D eigenvalue weighted by molar-refractivity contribution is -0.145. The molecule has 1 atom stereocenters. The van der Waals surface area contributed by atoms with Crippen LogP contribution in [-0.4, -0.2) is 91.0 Å². The van der Waals surface area contributed by atoms with E-state index in [0.29, 0.717) is 51.4 Å². The number of amides is 3. The Hall–Kier alpha value is -2.66. The van der Waals surface area contributed by atoms with E-state index in [9.17, 15) is 19.5 Å². The molecule has 3 amide bonds. The monoisotopic (exact) mass is 464 g/mol. The van der Waals surface area contributed by atoms with Crippen molar-refractivity contribution in [1.29, 1.82) is 0 Å². The van der Waals surface area contributed by atoms with Gasteiger partial charge in [0.2, 0.25) is 5.91 Å². The van der Waals surface area contributed by atoms with Crippen LogP contribution in [0.2, 0.25) is 0 Å². The first-order chi connectivity index (χ1) is 15.4. The summed E-state index contributed by atoms with van der Waals surface area (Å²) in [6.45, 7) is 12.7. The zero-order valence-electron chi connectivity index (χ0n) is 20.4. The maximum absolute atomic E-state index is 13.4. The lowest BCUT2D eigenvalue weighted by Crippen LogP contribution is -2.64. The molecule has 0 aromatic carbocycles. The summed E-state index contributed by atoms with van der Waals surface area (Å²) < 4.78 is 6.93. The maximum atomic E-state index is 13.4. The highest BCUT2D eigenvalue weighted by Crippen LogP contribution is 2.25. The van der Waals surface area contributed by atoms with Gasteiger partial charge >= 0.3 is 12.1 Å². The highest BCUT2D eigenvalue weighted by molar-refractivity contribution is 5.87. The van der Waals surface area contributed by atoms with Crippen LogP contribution < -0.4 is 5.32 Å². The van der Waals surface area contributed by atoms with Crippen LogP contribution in [0.4, 0.5) is 9.59 Å². The molecular formula is C22H36N6O5. The van der Waals surface area contributed by atoms with Gasteiger partial charge in [-0.05, 0) is 40.5 Å². The molecule has 3 heterocycles. The first-order valence-electron chi connectivity index (χ1n) is 11.5. The fourth-order valence-electron chi connectivity index (χ4n) is 4.27. The van der Waals surface area contributed by atoms with Crippen molar-refractivity contribution in [3.8, 4) is 0 Å². The van der Waals surface area contributed by atoms with Gasteiger partial charge in [-0.15, -0.1) is 0 Å².